The van der Waals surface area contributed by atoms with Crippen molar-refractivity contribution in [3.8, 4) is 11.4 Å². The van der Waals surface area contributed by atoms with Crippen LogP contribution in [0.4, 0.5) is 0 Å². The van der Waals surface area contributed by atoms with Gasteiger partial charge in [-0.05, 0) is 42.0 Å². The molecule has 25 heavy (non-hydrogen) atoms. The summed E-state index contributed by atoms with van der Waals surface area (Å²) < 4.78 is 12.8. The molecule has 6 heteroatoms. The quantitative estimate of drug-likeness (QED) is 0.586. The van der Waals surface area contributed by atoms with Crippen LogP contribution in [0.5, 0.6) is 5.75 Å². The number of hydrogen-bond acceptors (Lipinski definition) is 5. The van der Waals surface area contributed by atoms with Gasteiger partial charge in [0.25, 0.3) is 0 Å². The Labute approximate surface area is 145 Å². The largest absolute Gasteiger partial charge is 0.497 e. The van der Waals surface area contributed by atoms with Crippen molar-refractivity contribution in [2.75, 3.05) is 7.11 Å². The van der Waals surface area contributed by atoms with Gasteiger partial charge in [-0.15, -0.1) is 0 Å². The van der Waals surface area contributed by atoms with E-state index in [9.17, 15) is 0 Å². The molecule has 4 rings (SSSR count). The first-order valence-electron chi connectivity index (χ1n) is 8.03. The molecule has 126 valence electrons. The van der Waals surface area contributed by atoms with Gasteiger partial charge in [-0.25, -0.2) is 9.67 Å². The fourth-order valence-corrected chi connectivity index (χ4v) is 2.77. The molecule has 4 aromatic rings. The van der Waals surface area contributed by atoms with Gasteiger partial charge >= 0.3 is 0 Å². The maximum Gasteiger partial charge on any atom is 0.138 e. The standard InChI is InChI=1S/C19H18N4O2/c1-24-17-5-6-19-15(8-17)9-18(25-19)11-20-10-14-3-2-4-16(7-14)23-13-21-12-22-23/h2-9,12-13,20H,10-11H2,1H3. The van der Waals surface area contributed by atoms with E-state index in [1.807, 2.05) is 36.4 Å². The molecule has 6 nitrogen and oxygen atoms in total. The third kappa shape index (κ3) is 3.39. The molecule has 0 aliphatic carbocycles. The van der Waals surface area contributed by atoms with Gasteiger partial charge in [0.2, 0.25) is 0 Å². The molecule has 0 amide bonds. The molecule has 0 unspecified atom stereocenters. The molecular formula is C19H18N4O2. The first kappa shape index (κ1) is 15.4. The monoisotopic (exact) mass is 334 g/mol. The number of nitrogens with one attached hydrogen (secondary N) is 1. The van der Waals surface area contributed by atoms with Gasteiger partial charge in [0.05, 0.1) is 19.3 Å². The minimum absolute atomic E-state index is 0.657. The van der Waals surface area contributed by atoms with Crippen molar-refractivity contribution in [1.29, 1.82) is 0 Å². The number of nitrogens with zero attached hydrogens (tertiary/aromatic N) is 3. The van der Waals surface area contributed by atoms with Crippen LogP contribution in [0.3, 0.4) is 0 Å². The third-order valence-electron chi connectivity index (χ3n) is 4.00. The maximum absolute atomic E-state index is 5.85. The molecule has 0 aliphatic heterocycles. The first-order chi connectivity index (χ1) is 12.3. The minimum atomic E-state index is 0.657. The van der Waals surface area contributed by atoms with E-state index >= 15 is 0 Å². The molecule has 0 radical (unpaired) electrons. The van der Waals surface area contributed by atoms with E-state index in [-0.39, 0.29) is 0 Å². The number of rotatable bonds is 6. The van der Waals surface area contributed by atoms with Crippen LogP contribution in [-0.2, 0) is 13.1 Å². The van der Waals surface area contributed by atoms with Gasteiger partial charge < -0.3 is 14.5 Å². The van der Waals surface area contributed by atoms with E-state index < -0.39 is 0 Å². The lowest BCUT2D eigenvalue weighted by Gasteiger charge is -2.06. The summed E-state index contributed by atoms with van der Waals surface area (Å²) in [5.41, 5.74) is 3.03. The smallest absolute Gasteiger partial charge is 0.138 e. The summed E-state index contributed by atoms with van der Waals surface area (Å²) in [5.74, 6) is 1.73. The fraction of sp³-hybridized carbons (Fsp3) is 0.158. The van der Waals surface area contributed by atoms with Gasteiger partial charge in [-0.1, -0.05) is 12.1 Å². The first-order valence-corrected chi connectivity index (χ1v) is 8.03. The Kier molecular flexibility index (Phi) is 4.18. The van der Waals surface area contributed by atoms with E-state index in [4.69, 9.17) is 9.15 Å². The third-order valence-corrected chi connectivity index (χ3v) is 4.00. The molecule has 1 N–H and O–H groups in total. The highest BCUT2D eigenvalue weighted by atomic mass is 16.5. The summed E-state index contributed by atoms with van der Waals surface area (Å²) in [6.45, 7) is 1.40. The van der Waals surface area contributed by atoms with Crippen LogP contribution in [-0.4, -0.2) is 21.9 Å². The molecule has 2 aromatic carbocycles. The van der Waals surface area contributed by atoms with Gasteiger partial charge in [-0.2, -0.15) is 5.10 Å². The molecule has 0 spiro atoms. The van der Waals surface area contributed by atoms with Crippen molar-refractivity contribution in [3.63, 3.8) is 0 Å². The van der Waals surface area contributed by atoms with Crippen LogP contribution < -0.4 is 10.1 Å². The molecule has 0 saturated heterocycles. The predicted molar refractivity (Wildman–Crippen MR) is 94.7 cm³/mol. The molecule has 0 fully saturated rings. The molecule has 0 aliphatic rings. The summed E-state index contributed by atoms with van der Waals surface area (Å²) in [4.78, 5) is 3.98. The summed E-state index contributed by atoms with van der Waals surface area (Å²) >= 11 is 0. The van der Waals surface area contributed by atoms with Gasteiger partial charge in [0.1, 0.15) is 29.7 Å². The number of fused-ring (bicyclic) bond motifs is 1. The van der Waals surface area contributed by atoms with Crippen molar-refractivity contribution in [2.45, 2.75) is 13.1 Å². The second kappa shape index (κ2) is 6.78. The highest BCUT2D eigenvalue weighted by Crippen LogP contribution is 2.24. The van der Waals surface area contributed by atoms with Crippen molar-refractivity contribution in [2.24, 2.45) is 0 Å². The number of ether oxygens (including phenoxy) is 1. The lowest BCUT2D eigenvalue weighted by atomic mass is 10.2. The lowest BCUT2D eigenvalue weighted by Crippen LogP contribution is -2.12. The zero-order valence-corrected chi connectivity index (χ0v) is 13.8. The topological polar surface area (TPSA) is 65.1 Å². The van der Waals surface area contributed by atoms with Gasteiger partial charge in [0.15, 0.2) is 0 Å². The highest BCUT2D eigenvalue weighted by molar-refractivity contribution is 5.79. The van der Waals surface area contributed by atoms with Gasteiger partial charge in [-0.3, -0.25) is 0 Å². The van der Waals surface area contributed by atoms with Gasteiger partial charge in [0, 0.05) is 11.9 Å². The van der Waals surface area contributed by atoms with E-state index in [1.54, 1.807) is 18.1 Å². The molecule has 0 atom stereocenters. The Hall–Kier alpha value is -3.12. The van der Waals surface area contributed by atoms with Crippen molar-refractivity contribution >= 4 is 11.0 Å². The molecular weight excluding hydrogens is 316 g/mol. The lowest BCUT2D eigenvalue weighted by molar-refractivity contribution is 0.415. The number of aromatic nitrogens is 3. The highest BCUT2D eigenvalue weighted by Gasteiger charge is 2.05. The SMILES string of the molecule is COc1ccc2oc(CNCc3cccc(-n4cncn4)c3)cc2c1. The Morgan fingerprint density at radius 3 is 2.92 bits per heavy atom. The number of hydrogen-bond donors (Lipinski definition) is 1. The van der Waals surface area contributed by atoms with Crippen molar-refractivity contribution in [1.82, 2.24) is 20.1 Å². The normalized spacial score (nSPS) is 11.1. The molecule has 0 saturated carbocycles. The van der Waals surface area contributed by atoms with Crippen molar-refractivity contribution in [3.05, 3.63) is 72.5 Å². The van der Waals surface area contributed by atoms with Crippen LogP contribution in [0, 0.1) is 0 Å². The second-order valence-electron chi connectivity index (χ2n) is 5.73. The number of methoxy groups -OCH3 is 1. The average molecular weight is 334 g/mol. The fourth-order valence-electron chi connectivity index (χ4n) is 2.77. The molecule has 0 bridgehead atoms. The van der Waals surface area contributed by atoms with E-state index in [0.717, 1.165) is 34.7 Å². The predicted octanol–water partition coefficient (Wildman–Crippen LogP) is 3.31. The van der Waals surface area contributed by atoms with Crippen molar-refractivity contribution < 1.29 is 9.15 Å². The molecule has 2 heterocycles. The minimum Gasteiger partial charge on any atom is -0.497 e. The Balaban J connectivity index is 1.41. The van der Waals surface area contributed by atoms with E-state index in [0.29, 0.717) is 6.54 Å². The summed E-state index contributed by atoms with van der Waals surface area (Å²) in [7, 11) is 1.66. The van der Waals surface area contributed by atoms with Crippen LogP contribution in [0.15, 0.2) is 65.6 Å². The van der Waals surface area contributed by atoms with Crippen LogP contribution in [0.1, 0.15) is 11.3 Å². The summed E-state index contributed by atoms with van der Waals surface area (Å²) in [6.07, 6.45) is 3.22. The maximum atomic E-state index is 5.85. The van der Waals surface area contributed by atoms with Crippen LogP contribution in [0.25, 0.3) is 16.7 Å². The Morgan fingerprint density at radius 1 is 1.12 bits per heavy atom. The zero-order valence-electron chi connectivity index (χ0n) is 13.8. The van der Waals surface area contributed by atoms with E-state index in [1.165, 1.54) is 11.9 Å². The molecule has 2 aromatic heterocycles. The second-order valence-corrected chi connectivity index (χ2v) is 5.73. The average Bonchev–Trinajstić information content (AvgIpc) is 3.31. The Bertz CT molecular complexity index is 976. The number of benzene rings is 2. The summed E-state index contributed by atoms with van der Waals surface area (Å²) in [6, 6.07) is 16.0. The van der Waals surface area contributed by atoms with Crippen LogP contribution >= 0.6 is 0 Å². The van der Waals surface area contributed by atoms with Crippen LogP contribution in [0.2, 0.25) is 0 Å². The number of furan rings is 1. The van der Waals surface area contributed by atoms with E-state index in [2.05, 4.69) is 27.5 Å². The zero-order chi connectivity index (χ0) is 17.1. The Morgan fingerprint density at radius 2 is 2.08 bits per heavy atom. The summed E-state index contributed by atoms with van der Waals surface area (Å²) in [5, 5.41) is 8.61.